The van der Waals surface area contributed by atoms with Crippen LogP contribution in [-0.4, -0.2) is 53.8 Å². The Labute approximate surface area is 172 Å². The number of likely N-dealkylation sites (tertiary alicyclic amines) is 1. The molecule has 0 saturated carbocycles. The number of rotatable bonds is 4. The lowest BCUT2D eigenvalue weighted by molar-refractivity contribution is -0.384. The number of carbonyl (C=O) groups is 1. The smallest absolute Gasteiger partial charge is 0.410 e. The number of thiazole rings is 1. The Morgan fingerprint density at radius 1 is 1.41 bits per heavy atom. The number of aromatic nitrogens is 1. The molecule has 0 aliphatic carbocycles. The highest BCUT2D eigenvalue weighted by atomic mass is 32.2. The Balaban J connectivity index is 1.74. The lowest BCUT2D eigenvalue weighted by atomic mass is 10.0. The molecule has 158 valence electrons. The standard InChI is InChI=1S/C18H23N3O6S2/c1-18(2,3)27-17(22)20-8-4-5-12(10-20)11-29(25,26)16-19-14-9-13(21(23)24)6-7-15(14)28-16/h6-7,9,12H,4-5,8,10-11H2,1-3H3. The van der Waals surface area contributed by atoms with Gasteiger partial charge in [-0.15, -0.1) is 11.3 Å². The molecular weight excluding hydrogens is 418 g/mol. The van der Waals surface area contributed by atoms with E-state index in [0.29, 0.717) is 36.1 Å². The maximum absolute atomic E-state index is 12.9. The van der Waals surface area contributed by atoms with E-state index in [-0.39, 0.29) is 21.7 Å². The van der Waals surface area contributed by atoms with Crippen molar-refractivity contribution in [3.05, 3.63) is 28.3 Å². The predicted octanol–water partition coefficient (Wildman–Crippen LogP) is 3.63. The van der Waals surface area contributed by atoms with E-state index < -0.39 is 26.5 Å². The van der Waals surface area contributed by atoms with Gasteiger partial charge in [0.15, 0.2) is 0 Å². The third-order valence-electron chi connectivity index (χ3n) is 4.45. The fourth-order valence-electron chi connectivity index (χ4n) is 3.22. The van der Waals surface area contributed by atoms with Crippen LogP contribution in [0.25, 0.3) is 10.2 Å². The number of fused-ring (bicyclic) bond motifs is 1. The minimum Gasteiger partial charge on any atom is -0.444 e. The predicted molar refractivity (Wildman–Crippen MR) is 109 cm³/mol. The van der Waals surface area contributed by atoms with Gasteiger partial charge in [0.25, 0.3) is 5.69 Å². The molecule has 1 saturated heterocycles. The van der Waals surface area contributed by atoms with E-state index in [9.17, 15) is 23.3 Å². The van der Waals surface area contributed by atoms with Crippen molar-refractivity contribution < 1.29 is 22.9 Å². The number of non-ortho nitro benzene ring substituents is 1. The van der Waals surface area contributed by atoms with E-state index in [1.54, 1.807) is 25.7 Å². The van der Waals surface area contributed by atoms with E-state index in [0.717, 1.165) is 11.3 Å². The van der Waals surface area contributed by atoms with Crippen LogP contribution in [0.15, 0.2) is 22.5 Å². The number of benzene rings is 1. The van der Waals surface area contributed by atoms with Gasteiger partial charge in [-0.2, -0.15) is 0 Å². The Morgan fingerprint density at radius 3 is 2.79 bits per heavy atom. The molecule has 1 amide bonds. The summed E-state index contributed by atoms with van der Waals surface area (Å²) < 4.78 is 31.7. The molecule has 1 aromatic carbocycles. The number of carbonyl (C=O) groups excluding carboxylic acids is 1. The van der Waals surface area contributed by atoms with Crippen molar-refractivity contribution in [2.24, 2.45) is 5.92 Å². The van der Waals surface area contributed by atoms with Crippen molar-refractivity contribution in [2.45, 2.75) is 43.6 Å². The number of nitro benzene ring substituents is 1. The van der Waals surface area contributed by atoms with E-state index in [1.807, 2.05) is 0 Å². The Morgan fingerprint density at radius 2 is 2.14 bits per heavy atom. The molecule has 11 heteroatoms. The first-order valence-corrected chi connectivity index (χ1v) is 11.7. The van der Waals surface area contributed by atoms with Gasteiger partial charge in [-0.25, -0.2) is 18.2 Å². The zero-order valence-corrected chi connectivity index (χ0v) is 18.1. The number of hydrogen-bond acceptors (Lipinski definition) is 8. The van der Waals surface area contributed by atoms with E-state index in [1.165, 1.54) is 18.2 Å². The van der Waals surface area contributed by atoms with Crippen molar-refractivity contribution in [3.63, 3.8) is 0 Å². The van der Waals surface area contributed by atoms with Gasteiger partial charge in [0.1, 0.15) is 5.60 Å². The fraction of sp³-hybridized carbons (Fsp3) is 0.556. The van der Waals surface area contributed by atoms with Crippen molar-refractivity contribution in [2.75, 3.05) is 18.8 Å². The molecule has 29 heavy (non-hydrogen) atoms. The maximum atomic E-state index is 12.9. The minimum absolute atomic E-state index is 0.0533. The van der Waals surface area contributed by atoms with Crippen LogP contribution in [0, 0.1) is 16.0 Å². The van der Waals surface area contributed by atoms with Gasteiger partial charge in [-0.1, -0.05) is 0 Å². The molecule has 0 radical (unpaired) electrons. The summed E-state index contributed by atoms with van der Waals surface area (Å²) in [5.41, 5.74) is -0.450. The number of hydrogen-bond donors (Lipinski definition) is 0. The normalized spacial score (nSPS) is 18.0. The summed E-state index contributed by atoms with van der Waals surface area (Å²) in [4.78, 5) is 28.3. The molecule has 9 nitrogen and oxygen atoms in total. The van der Waals surface area contributed by atoms with Gasteiger partial charge in [0, 0.05) is 25.2 Å². The molecule has 1 fully saturated rings. The van der Waals surface area contributed by atoms with E-state index >= 15 is 0 Å². The van der Waals surface area contributed by atoms with Gasteiger partial charge in [0.05, 0.1) is 20.9 Å². The molecule has 0 N–H and O–H groups in total. The van der Waals surface area contributed by atoms with Gasteiger partial charge < -0.3 is 9.64 Å². The molecular formula is C18H23N3O6S2. The highest BCUT2D eigenvalue weighted by Gasteiger charge is 2.32. The first kappa shape index (κ1) is 21.4. The fourth-order valence-corrected chi connectivity index (χ4v) is 6.15. The SMILES string of the molecule is CC(C)(C)OC(=O)N1CCCC(CS(=O)(=O)c2nc3cc([N+](=O)[O-])ccc3s2)C1. The summed E-state index contributed by atoms with van der Waals surface area (Å²) in [5.74, 6) is -0.351. The van der Waals surface area contributed by atoms with E-state index in [4.69, 9.17) is 4.74 Å². The van der Waals surface area contributed by atoms with Crippen LogP contribution in [0.1, 0.15) is 33.6 Å². The maximum Gasteiger partial charge on any atom is 0.410 e. The largest absolute Gasteiger partial charge is 0.444 e. The van der Waals surface area contributed by atoms with Crippen LogP contribution in [-0.2, 0) is 14.6 Å². The molecule has 2 aromatic rings. The molecule has 1 aliphatic rings. The highest BCUT2D eigenvalue weighted by Crippen LogP contribution is 2.31. The second-order valence-corrected chi connectivity index (χ2v) is 11.3. The Bertz CT molecular complexity index is 1040. The van der Waals surface area contributed by atoms with Gasteiger partial charge in [-0.3, -0.25) is 10.1 Å². The minimum atomic E-state index is -3.68. The lowest BCUT2D eigenvalue weighted by Crippen LogP contribution is -2.44. The topological polar surface area (TPSA) is 120 Å². The van der Waals surface area contributed by atoms with Crippen molar-refractivity contribution in [3.8, 4) is 0 Å². The van der Waals surface area contributed by atoms with Crippen molar-refractivity contribution in [1.82, 2.24) is 9.88 Å². The molecule has 0 bridgehead atoms. The van der Waals surface area contributed by atoms with Gasteiger partial charge >= 0.3 is 6.09 Å². The number of nitro groups is 1. The zero-order chi connectivity index (χ0) is 21.4. The zero-order valence-electron chi connectivity index (χ0n) is 16.5. The van der Waals surface area contributed by atoms with Crippen molar-refractivity contribution in [1.29, 1.82) is 0 Å². The Kier molecular flexibility index (Phi) is 5.81. The monoisotopic (exact) mass is 441 g/mol. The molecule has 1 aliphatic heterocycles. The summed E-state index contributed by atoms with van der Waals surface area (Å²) in [6.07, 6.45) is 0.951. The summed E-state index contributed by atoms with van der Waals surface area (Å²) in [6.45, 7) is 6.21. The number of ether oxygens (including phenoxy) is 1. The van der Waals surface area contributed by atoms with Crippen LogP contribution in [0.5, 0.6) is 0 Å². The third-order valence-corrected chi connectivity index (χ3v) is 7.83. The number of piperidine rings is 1. The molecule has 3 rings (SSSR count). The second kappa shape index (κ2) is 7.86. The average Bonchev–Trinajstić information content (AvgIpc) is 3.04. The first-order chi connectivity index (χ1) is 13.4. The number of sulfone groups is 1. The van der Waals surface area contributed by atoms with Crippen LogP contribution in [0.2, 0.25) is 0 Å². The molecule has 1 unspecified atom stereocenters. The highest BCUT2D eigenvalue weighted by molar-refractivity contribution is 7.93. The van der Waals surface area contributed by atoms with Crippen LogP contribution in [0.4, 0.5) is 10.5 Å². The molecule has 0 spiro atoms. The summed E-state index contributed by atoms with van der Waals surface area (Å²) in [7, 11) is -3.68. The van der Waals surface area contributed by atoms with Crippen molar-refractivity contribution >= 4 is 43.2 Å². The van der Waals surface area contributed by atoms with Gasteiger partial charge in [0.2, 0.25) is 14.2 Å². The molecule has 1 atom stereocenters. The molecule has 1 aromatic heterocycles. The van der Waals surface area contributed by atoms with Crippen LogP contribution >= 0.6 is 11.3 Å². The third kappa shape index (κ3) is 5.21. The Hall–Kier alpha value is -2.27. The quantitative estimate of drug-likeness (QED) is 0.525. The summed E-state index contributed by atoms with van der Waals surface area (Å²) in [5, 5.41) is 10.9. The first-order valence-electron chi connectivity index (χ1n) is 9.20. The van der Waals surface area contributed by atoms with E-state index in [2.05, 4.69) is 4.98 Å². The average molecular weight is 442 g/mol. The van der Waals surface area contributed by atoms with Crippen LogP contribution < -0.4 is 0 Å². The number of amides is 1. The number of nitrogens with zero attached hydrogens (tertiary/aromatic N) is 3. The molecule has 2 heterocycles. The summed E-state index contributed by atoms with van der Waals surface area (Å²) >= 11 is 1.00. The van der Waals surface area contributed by atoms with Gasteiger partial charge in [-0.05, 0) is 45.6 Å². The lowest BCUT2D eigenvalue weighted by Gasteiger charge is -2.33. The second-order valence-electron chi connectivity index (χ2n) is 8.10. The summed E-state index contributed by atoms with van der Waals surface area (Å²) in [6, 6.07) is 4.11. The van der Waals surface area contributed by atoms with Crippen LogP contribution in [0.3, 0.4) is 0 Å².